The van der Waals surface area contributed by atoms with Crippen LogP contribution in [0.1, 0.15) is 5.56 Å². The van der Waals surface area contributed by atoms with Crippen molar-refractivity contribution >= 4 is 11.0 Å². The second-order valence-electron chi connectivity index (χ2n) is 6.81. The lowest BCUT2D eigenvalue weighted by molar-refractivity contribution is 1.02. The lowest BCUT2D eigenvalue weighted by Gasteiger charge is -2.12. The highest BCUT2D eigenvalue weighted by molar-refractivity contribution is 6.06. The summed E-state index contributed by atoms with van der Waals surface area (Å²) in [5.41, 5.74) is 13.5. The van der Waals surface area contributed by atoms with Crippen LogP contribution in [0.2, 0.25) is 0 Å². The Labute approximate surface area is 168 Å². The number of hydrogen-bond donors (Lipinski definition) is 2. The minimum Gasteiger partial charge on any atom is -0.326 e. The summed E-state index contributed by atoms with van der Waals surface area (Å²) in [6.07, 6.45) is 0. The standard InChI is InChI=1S/C24H19N5/c25-15-18-13-7-8-14-19(18)23-21-20(16-9-3-1-4-10-16)22(17-11-5-2-6-12-17)26-28-24(21)29-27-23/h1-14H,15,25H2,(H,27,28,29). The molecule has 5 nitrogen and oxygen atoms in total. The van der Waals surface area contributed by atoms with E-state index in [1.165, 1.54) is 0 Å². The van der Waals surface area contributed by atoms with E-state index in [-0.39, 0.29) is 0 Å². The van der Waals surface area contributed by atoms with Crippen molar-refractivity contribution in [2.45, 2.75) is 6.54 Å². The zero-order valence-corrected chi connectivity index (χ0v) is 15.7. The average Bonchev–Trinajstić information content (AvgIpc) is 3.23. The Balaban J connectivity index is 1.89. The highest BCUT2D eigenvalue weighted by atomic mass is 15.2. The molecule has 140 valence electrons. The van der Waals surface area contributed by atoms with Crippen molar-refractivity contribution in [3.8, 4) is 33.6 Å². The molecule has 0 fully saturated rings. The fourth-order valence-electron chi connectivity index (χ4n) is 3.72. The molecule has 0 amide bonds. The number of rotatable bonds is 4. The van der Waals surface area contributed by atoms with Crippen molar-refractivity contribution in [1.82, 2.24) is 20.4 Å². The molecule has 2 aromatic heterocycles. The first-order chi connectivity index (χ1) is 14.4. The fraction of sp³-hybridized carbons (Fsp3) is 0.0417. The average molecular weight is 377 g/mol. The van der Waals surface area contributed by atoms with E-state index < -0.39 is 0 Å². The number of aromatic nitrogens is 4. The van der Waals surface area contributed by atoms with Crippen molar-refractivity contribution in [3.63, 3.8) is 0 Å². The molecule has 5 heteroatoms. The summed E-state index contributed by atoms with van der Waals surface area (Å²) >= 11 is 0. The monoisotopic (exact) mass is 377 g/mol. The molecule has 3 aromatic carbocycles. The molecule has 0 atom stereocenters. The first-order valence-electron chi connectivity index (χ1n) is 9.50. The lowest BCUT2D eigenvalue weighted by atomic mass is 9.94. The Morgan fingerprint density at radius 2 is 1.34 bits per heavy atom. The Morgan fingerprint density at radius 1 is 0.690 bits per heavy atom. The molecule has 0 spiro atoms. The predicted molar refractivity (Wildman–Crippen MR) is 116 cm³/mol. The van der Waals surface area contributed by atoms with Gasteiger partial charge in [0, 0.05) is 23.2 Å². The summed E-state index contributed by atoms with van der Waals surface area (Å²) in [6.45, 7) is 0.440. The maximum atomic E-state index is 6.00. The Morgan fingerprint density at radius 3 is 2.07 bits per heavy atom. The van der Waals surface area contributed by atoms with Crippen molar-refractivity contribution < 1.29 is 0 Å². The van der Waals surface area contributed by atoms with E-state index >= 15 is 0 Å². The molecule has 5 rings (SSSR count). The van der Waals surface area contributed by atoms with Crippen LogP contribution in [0.5, 0.6) is 0 Å². The van der Waals surface area contributed by atoms with Gasteiger partial charge in [0.25, 0.3) is 0 Å². The van der Waals surface area contributed by atoms with Gasteiger partial charge < -0.3 is 5.73 Å². The van der Waals surface area contributed by atoms with Gasteiger partial charge in [0.05, 0.1) is 5.39 Å². The molecule has 0 saturated carbocycles. The first-order valence-corrected chi connectivity index (χ1v) is 9.50. The van der Waals surface area contributed by atoms with Gasteiger partial charge in [-0.05, 0) is 11.1 Å². The third-order valence-electron chi connectivity index (χ3n) is 5.09. The largest absolute Gasteiger partial charge is 0.326 e. The summed E-state index contributed by atoms with van der Waals surface area (Å²) in [6, 6.07) is 28.5. The number of nitrogens with zero attached hydrogens (tertiary/aromatic N) is 3. The van der Waals surface area contributed by atoms with Crippen molar-refractivity contribution in [3.05, 3.63) is 90.5 Å². The Hall–Kier alpha value is -3.83. The third-order valence-corrected chi connectivity index (χ3v) is 5.09. The molecule has 0 aliphatic carbocycles. The molecule has 29 heavy (non-hydrogen) atoms. The van der Waals surface area contributed by atoms with Crippen molar-refractivity contribution in [2.24, 2.45) is 5.73 Å². The molecular weight excluding hydrogens is 358 g/mol. The van der Waals surface area contributed by atoms with Gasteiger partial charge in [0.1, 0.15) is 11.4 Å². The number of nitrogens with two attached hydrogens (primary N) is 1. The number of nitrogens with one attached hydrogen (secondary N) is 1. The number of H-pyrrole nitrogens is 1. The zero-order valence-electron chi connectivity index (χ0n) is 15.7. The molecule has 5 aromatic rings. The van der Waals surface area contributed by atoms with Crippen LogP contribution >= 0.6 is 0 Å². The highest BCUT2D eigenvalue weighted by Gasteiger charge is 2.21. The molecule has 0 saturated heterocycles. The zero-order chi connectivity index (χ0) is 19.6. The van der Waals surface area contributed by atoms with Gasteiger partial charge in [-0.2, -0.15) is 5.10 Å². The van der Waals surface area contributed by atoms with Crippen LogP contribution < -0.4 is 5.73 Å². The Bertz CT molecular complexity index is 1280. The van der Waals surface area contributed by atoms with Crippen LogP contribution in [-0.4, -0.2) is 20.4 Å². The second kappa shape index (κ2) is 7.30. The molecule has 0 radical (unpaired) electrons. The quantitative estimate of drug-likeness (QED) is 0.471. The van der Waals surface area contributed by atoms with Crippen LogP contribution in [0.15, 0.2) is 84.9 Å². The second-order valence-corrected chi connectivity index (χ2v) is 6.81. The van der Waals surface area contributed by atoms with Gasteiger partial charge in [-0.3, -0.25) is 5.10 Å². The molecular formula is C24H19N5. The van der Waals surface area contributed by atoms with Gasteiger partial charge >= 0.3 is 0 Å². The fourth-order valence-corrected chi connectivity index (χ4v) is 3.72. The summed E-state index contributed by atoms with van der Waals surface area (Å²) < 4.78 is 0. The Kier molecular flexibility index (Phi) is 4.35. The maximum absolute atomic E-state index is 6.00. The van der Waals surface area contributed by atoms with Crippen molar-refractivity contribution in [2.75, 3.05) is 0 Å². The van der Waals surface area contributed by atoms with Crippen LogP contribution in [0.3, 0.4) is 0 Å². The van der Waals surface area contributed by atoms with Crippen molar-refractivity contribution in [1.29, 1.82) is 0 Å². The van der Waals surface area contributed by atoms with E-state index in [4.69, 9.17) is 5.73 Å². The summed E-state index contributed by atoms with van der Waals surface area (Å²) in [5.74, 6) is 0. The van der Waals surface area contributed by atoms with E-state index in [0.717, 1.165) is 44.6 Å². The maximum Gasteiger partial charge on any atom is 0.179 e. The van der Waals surface area contributed by atoms with Gasteiger partial charge in [-0.1, -0.05) is 84.9 Å². The normalized spacial score (nSPS) is 11.1. The van der Waals surface area contributed by atoms with Gasteiger partial charge in [0.15, 0.2) is 5.65 Å². The number of benzene rings is 3. The van der Waals surface area contributed by atoms with Crippen LogP contribution in [-0.2, 0) is 6.54 Å². The minimum atomic E-state index is 0.440. The minimum absolute atomic E-state index is 0.440. The molecule has 3 N–H and O–H groups in total. The molecule has 0 unspecified atom stereocenters. The summed E-state index contributed by atoms with van der Waals surface area (Å²) in [7, 11) is 0. The van der Waals surface area contributed by atoms with Gasteiger partial charge in [-0.25, -0.2) is 0 Å². The van der Waals surface area contributed by atoms with E-state index in [1.54, 1.807) is 0 Å². The number of aromatic amines is 1. The molecule has 0 bridgehead atoms. The van der Waals surface area contributed by atoms with E-state index in [9.17, 15) is 0 Å². The number of hydrogen-bond acceptors (Lipinski definition) is 4. The van der Waals surface area contributed by atoms with Gasteiger partial charge in [0.2, 0.25) is 0 Å². The lowest BCUT2D eigenvalue weighted by Crippen LogP contribution is -1.99. The SMILES string of the molecule is NCc1ccccc1-c1n[nH]c2nnc(-c3ccccc3)c(-c3ccccc3)c12. The number of fused-ring (bicyclic) bond motifs is 1. The van der Waals surface area contributed by atoms with E-state index in [2.05, 4.69) is 50.7 Å². The molecule has 2 heterocycles. The smallest absolute Gasteiger partial charge is 0.179 e. The summed E-state index contributed by atoms with van der Waals surface area (Å²) in [5, 5.41) is 17.6. The topological polar surface area (TPSA) is 80.5 Å². The molecule has 0 aliphatic rings. The first kappa shape index (κ1) is 17.3. The van der Waals surface area contributed by atoms with Crippen LogP contribution in [0.25, 0.3) is 44.7 Å². The predicted octanol–water partition coefficient (Wildman–Crippen LogP) is 4.81. The van der Waals surface area contributed by atoms with Crippen LogP contribution in [0.4, 0.5) is 0 Å². The van der Waals surface area contributed by atoms with Gasteiger partial charge in [-0.15, -0.1) is 10.2 Å². The van der Waals surface area contributed by atoms with E-state index in [1.807, 2.05) is 54.6 Å². The summed E-state index contributed by atoms with van der Waals surface area (Å²) in [4.78, 5) is 0. The van der Waals surface area contributed by atoms with E-state index in [0.29, 0.717) is 12.2 Å². The third kappa shape index (κ3) is 2.98. The van der Waals surface area contributed by atoms with Crippen LogP contribution in [0, 0.1) is 0 Å². The molecule has 0 aliphatic heterocycles. The highest BCUT2D eigenvalue weighted by Crippen LogP contribution is 2.40.